The van der Waals surface area contributed by atoms with E-state index in [-0.39, 0.29) is 11.8 Å². The van der Waals surface area contributed by atoms with Gasteiger partial charge in [0.15, 0.2) is 0 Å². The lowest BCUT2D eigenvalue weighted by atomic mass is 9.93. The highest BCUT2D eigenvalue weighted by Gasteiger charge is 2.19. The van der Waals surface area contributed by atoms with Crippen molar-refractivity contribution < 1.29 is 4.79 Å². The van der Waals surface area contributed by atoms with Crippen LogP contribution in [-0.2, 0) is 11.3 Å². The summed E-state index contributed by atoms with van der Waals surface area (Å²) in [5, 5.41) is 7.09. The summed E-state index contributed by atoms with van der Waals surface area (Å²) in [5.74, 6) is -0.154. The third kappa shape index (κ3) is 2.50. The normalized spacial score (nSPS) is 16.1. The first-order chi connectivity index (χ1) is 7.29. The maximum atomic E-state index is 10.9. The molecule has 0 radical (unpaired) electrons. The number of nitrogens with one attached hydrogen (secondary N) is 1. The summed E-state index contributed by atoms with van der Waals surface area (Å²) in [6, 6.07) is 2.51. The number of carbonyl (C=O) groups excluding carboxylic acids is 1. The van der Waals surface area contributed by atoms with E-state index in [2.05, 4.69) is 10.4 Å². The van der Waals surface area contributed by atoms with Gasteiger partial charge in [-0.05, 0) is 25.3 Å². The van der Waals surface area contributed by atoms with E-state index in [1.54, 1.807) is 0 Å². The molecule has 1 aliphatic rings. The highest BCUT2D eigenvalue weighted by Crippen LogP contribution is 2.30. The molecule has 1 heterocycles. The number of hydrogen-bond donors (Lipinski definition) is 1. The van der Waals surface area contributed by atoms with Crippen molar-refractivity contribution in [3.63, 3.8) is 0 Å². The van der Waals surface area contributed by atoms with Crippen LogP contribution in [0.15, 0.2) is 12.3 Å². The lowest BCUT2D eigenvalue weighted by Gasteiger charge is -2.25. The number of amides is 1. The highest BCUT2D eigenvalue weighted by molar-refractivity contribution is 6.27. The van der Waals surface area contributed by atoms with Crippen LogP contribution >= 0.6 is 11.6 Å². The van der Waals surface area contributed by atoms with E-state index in [4.69, 9.17) is 11.6 Å². The number of nitrogens with zero attached hydrogens (tertiary/aromatic N) is 2. The number of carbonyl (C=O) groups is 1. The molecule has 0 bridgehead atoms. The second kappa shape index (κ2) is 4.66. The zero-order valence-corrected chi connectivity index (χ0v) is 9.20. The van der Waals surface area contributed by atoms with E-state index in [9.17, 15) is 4.79 Å². The van der Waals surface area contributed by atoms with Gasteiger partial charge in [0.1, 0.15) is 5.88 Å². The van der Waals surface area contributed by atoms with E-state index in [0.29, 0.717) is 12.6 Å². The molecule has 82 valence electrons. The fourth-order valence-corrected chi connectivity index (χ4v) is 1.66. The average molecular weight is 228 g/mol. The molecule has 1 N–H and O–H groups in total. The SMILES string of the molecule is O=C(CCl)NCc1ccn(C2CCC2)n1. The standard InChI is InChI=1S/C10H14ClN3O/c11-6-10(15)12-7-8-4-5-14(13-8)9-2-1-3-9/h4-5,9H,1-3,6-7H2,(H,12,15). The van der Waals surface area contributed by atoms with Crippen LogP contribution in [0.5, 0.6) is 0 Å². The molecule has 5 heteroatoms. The minimum Gasteiger partial charge on any atom is -0.349 e. The molecule has 0 unspecified atom stereocenters. The van der Waals surface area contributed by atoms with Gasteiger partial charge in [-0.25, -0.2) is 0 Å². The van der Waals surface area contributed by atoms with Crippen LogP contribution in [0, 0.1) is 0 Å². The summed E-state index contributed by atoms with van der Waals surface area (Å²) in [4.78, 5) is 10.9. The van der Waals surface area contributed by atoms with Crippen LogP contribution in [0.1, 0.15) is 31.0 Å². The summed E-state index contributed by atoms with van der Waals surface area (Å²) in [5.41, 5.74) is 0.889. The lowest BCUT2D eigenvalue weighted by molar-refractivity contribution is -0.118. The maximum Gasteiger partial charge on any atom is 0.235 e. The zero-order chi connectivity index (χ0) is 10.7. The Balaban J connectivity index is 1.86. The summed E-state index contributed by atoms with van der Waals surface area (Å²) in [6.45, 7) is 0.464. The van der Waals surface area contributed by atoms with Gasteiger partial charge in [-0.3, -0.25) is 9.48 Å². The van der Waals surface area contributed by atoms with Crippen molar-refractivity contribution in [2.75, 3.05) is 5.88 Å². The van der Waals surface area contributed by atoms with Gasteiger partial charge in [0.25, 0.3) is 0 Å². The second-order valence-corrected chi connectivity index (χ2v) is 4.05. The first kappa shape index (κ1) is 10.5. The molecule has 1 aromatic rings. The van der Waals surface area contributed by atoms with Crippen molar-refractivity contribution in [1.82, 2.24) is 15.1 Å². The van der Waals surface area contributed by atoms with Gasteiger partial charge in [0, 0.05) is 6.20 Å². The Kier molecular flexibility index (Phi) is 3.26. The van der Waals surface area contributed by atoms with Crippen LogP contribution in [0.2, 0.25) is 0 Å². The minimum atomic E-state index is -0.158. The topological polar surface area (TPSA) is 46.9 Å². The molecule has 15 heavy (non-hydrogen) atoms. The predicted octanol–water partition coefficient (Wildman–Crippen LogP) is 1.46. The van der Waals surface area contributed by atoms with Gasteiger partial charge in [0.2, 0.25) is 5.91 Å². The predicted molar refractivity (Wildman–Crippen MR) is 57.7 cm³/mol. The zero-order valence-electron chi connectivity index (χ0n) is 8.45. The van der Waals surface area contributed by atoms with E-state index < -0.39 is 0 Å². The first-order valence-electron chi connectivity index (χ1n) is 5.16. The highest BCUT2D eigenvalue weighted by atomic mass is 35.5. The summed E-state index contributed by atoms with van der Waals surface area (Å²) < 4.78 is 1.99. The van der Waals surface area contributed by atoms with E-state index >= 15 is 0 Å². The van der Waals surface area contributed by atoms with Crippen molar-refractivity contribution >= 4 is 17.5 Å². The van der Waals surface area contributed by atoms with E-state index in [1.165, 1.54) is 19.3 Å². The van der Waals surface area contributed by atoms with Crippen molar-refractivity contribution in [2.24, 2.45) is 0 Å². The molecule has 2 rings (SSSR count). The molecule has 0 saturated heterocycles. The average Bonchev–Trinajstić information content (AvgIpc) is 2.60. The van der Waals surface area contributed by atoms with E-state index in [0.717, 1.165) is 5.69 Å². The van der Waals surface area contributed by atoms with Crippen LogP contribution in [0.4, 0.5) is 0 Å². The van der Waals surface area contributed by atoms with Crippen LogP contribution in [0.25, 0.3) is 0 Å². The Morgan fingerprint density at radius 2 is 2.47 bits per heavy atom. The fraction of sp³-hybridized carbons (Fsp3) is 0.600. The van der Waals surface area contributed by atoms with Crippen LogP contribution in [-0.4, -0.2) is 21.6 Å². The summed E-state index contributed by atoms with van der Waals surface area (Å²) >= 11 is 5.37. The second-order valence-electron chi connectivity index (χ2n) is 3.78. The molecule has 1 aromatic heterocycles. The third-order valence-electron chi connectivity index (χ3n) is 2.70. The number of alkyl halides is 1. The van der Waals surface area contributed by atoms with Gasteiger partial charge in [0.05, 0.1) is 18.3 Å². The molecule has 0 aromatic carbocycles. The lowest BCUT2D eigenvalue weighted by Crippen LogP contribution is -2.24. The number of hydrogen-bond acceptors (Lipinski definition) is 2. The van der Waals surface area contributed by atoms with Crippen molar-refractivity contribution in [3.05, 3.63) is 18.0 Å². The fourth-order valence-electron chi connectivity index (χ4n) is 1.56. The molecule has 1 amide bonds. The Labute approximate surface area is 93.6 Å². The molecule has 1 saturated carbocycles. The smallest absolute Gasteiger partial charge is 0.235 e. The number of halogens is 1. The molecule has 0 aliphatic heterocycles. The third-order valence-corrected chi connectivity index (χ3v) is 2.94. The Bertz CT molecular complexity index is 346. The maximum absolute atomic E-state index is 10.9. The van der Waals surface area contributed by atoms with Gasteiger partial charge in [-0.2, -0.15) is 5.10 Å². The largest absolute Gasteiger partial charge is 0.349 e. The van der Waals surface area contributed by atoms with Crippen molar-refractivity contribution in [2.45, 2.75) is 31.8 Å². The Morgan fingerprint density at radius 3 is 3.07 bits per heavy atom. The Hall–Kier alpha value is -1.03. The molecule has 4 nitrogen and oxygen atoms in total. The number of aromatic nitrogens is 2. The monoisotopic (exact) mass is 227 g/mol. The minimum absolute atomic E-state index is 0.00331. The molecule has 0 spiro atoms. The Morgan fingerprint density at radius 1 is 1.67 bits per heavy atom. The molecule has 1 fully saturated rings. The summed E-state index contributed by atoms with van der Waals surface area (Å²) in [6.07, 6.45) is 5.71. The van der Waals surface area contributed by atoms with Gasteiger partial charge in [-0.1, -0.05) is 0 Å². The summed E-state index contributed by atoms with van der Waals surface area (Å²) in [7, 11) is 0. The van der Waals surface area contributed by atoms with Crippen LogP contribution in [0.3, 0.4) is 0 Å². The molecule has 0 atom stereocenters. The first-order valence-corrected chi connectivity index (χ1v) is 5.70. The van der Waals surface area contributed by atoms with Crippen molar-refractivity contribution in [1.29, 1.82) is 0 Å². The van der Waals surface area contributed by atoms with Crippen LogP contribution < -0.4 is 5.32 Å². The quantitative estimate of drug-likeness (QED) is 0.792. The van der Waals surface area contributed by atoms with Crippen molar-refractivity contribution in [3.8, 4) is 0 Å². The molecular formula is C10H14ClN3O. The van der Waals surface area contributed by atoms with E-state index in [1.807, 2.05) is 16.9 Å². The van der Waals surface area contributed by atoms with Gasteiger partial charge in [-0.15, -0.1) is 11.6 Å². The van der Waals surface area contributed by atoms with Gasteiger partial charge < -0.3 is 5.32 Å². The molecular weight excluding hydrogens is 214 g/mol. The van der Waals surface area contributed by atoms with Gasteiger partial charge >= 0.3 is 0 Å². The number of rotatable bonds is 4. The molecule has 1 aliphatic carbocycles.